The van der Waals surface area contributed by atoms with Gasteiger partial charge in [-0.2, -0.15) is 0 Å². The van der Waals surface area contributed by atoms with Crippen molar-refractivity contribution < 1.29 is 14.3 Å². The van der Waals surface area contributed by atoms with E-state index in [1.54, 1.807) is 12.3 Å². The number of carbonyl (C=O) groups is 1. The highest BCUT2D eigenvalue weighted by Gasteiger charge is 2.12. The standard InChI is InChI=1S/C12H17N3O3/c13-12(16)10-9-14-2-1-11(10)18-8-5-15-3-6-17-7-4-15/h1-2,9H,3-8H2,(H2,13,16). The Bertz CT molecular complexity index is 405. The molecule has 98 valence electrons. The minimum Gasteiger partial charge on any atom is -0.491 e. The average Bonchev–Trinajstić information content (AvgIpc) is 2.40. The lowest BCUT2D eigenvalue weighted by molar-refractivity contribution is 0.0322. The molecule has 1 saturated heterocycles. The fourth-order valence-corrected chi connectivity index (χ4v) is 1.80. The zero-order valence-electron chi connectivity index (χ0n) is 10.2. The molecule has 1 aliphatic rings. The van der Waals surface area contributed by atoms with Crippen LogP contribution in [0.25, 0.3) is 0 Å². The number of pyridine rings is 1. The van der Waals surface area contributed by atoms with Crippen LogP contribution in [0, 0.1) is 0 Å². The number of ether oxygens (including phenoxy) is 2. The molecule has 6 nitrogen and oxygen atoms in total. The summed E-state index contributed by atoms with van der Waals surface area (Å²) in [5, 5.41) is 0. The van der Waals surface area contributed by atoms with Crippen LogP contribution in [-0.4, -0.2) is 55.2 Å². The zero-order chi connectivity index (χ0) is 12.8. The number of rotatable bonds is 5. The Morgan fingerprint density at radius 2 is 2.28 bits per heavy atom. The molecule has 0 atom stereocenters. The van der Waals surface area contributed by atoms with Crippen molar-refractivity contribution in [1.82, 2.24) is 9.88 Å². The van der Waals surface area contributed by atoms with Crippen molar-refractivity contribution in [3.05, 3.63) is 24.0 Å². The maximum Gasteiger partial charge on any atom is 0.254 e. The Kier molecular flexibility index (Phi) is 4.49. The molecule has 0 aromatic carbocycles. The Hall–Kier alpha value is -1.66. The monoisotopic (exact) mass is 251 g/mol. The average molecular weight is 251 g/mol. The quantitative estimate of drug-likeness (QED) is 0.790. The highest BCUT2D eigenvalue weighted by molar-refractivity contribution is 5.95. The topological polar surface area (TPSA) is 77.7 Å². The van der Waals surface area contributed by atoms with Crippen molar-refractivity contribution in [3.8, 4) is 5.75 Å². The first-order chi connectivity index (χ1) is 8.77. The number of amides is 1. The van der Waals surface area contributed by atoms with E-state index in [1.807, 2.05) is 0 Å². The summed E-state index contributed by atoms with van der Waals surface area (Å²) >= 11 is 0. The highest BCUT2D eigenvalue weighted by Crippen LogP contribution is 2.15. The largest absolute Gasteiger partial charge is 0.491 e. The maximum absolute atomic E-state index is 11.2. The summed E-state index contributed by atoms with van der Waals surface area (Å²) in [7, 11) is 0. The number of primary amides is 1. The van der Waals surface area contributed by atoms with E-state index in [-0.39, 0.29) is 0 Å². The van der Waals surface area contributed by atoms with Gasteiger partial charge in [0.1, 0.15) is 12.4 Å². The summed E-state index contributed by atoms with van der Waals surface area (Å²) in [5.41, 5.74) is 5.56. The van der Waals surface area contributed by atoms with Gasteiger partial charge < -0.3 is 15.2 Å². The van der Waals surface area contributed by atoms with Crippen molar-refractivity contribution >= 4 is 5.91 Å². The number of hydrogen-bond donors (Lipinski definition) is 1. The third-order valence-electron chi connectivity index (χ3n) is 2.82. The molecule has 1 aromatic heterocycles. The lowest BCUT2D eigenvalue weighted by Crippen LogP contribution is -2.38. The molecule has 2 heterocycles. The van der Waals surface area contributed by atoms with Gasteiger partial charge in [0.15, 0.2) is 0 Å². The fourth-order valence-electron chi connectivity index (χ4n) is 1.80. The van der Waals surface area contributed by atoms with E-state index >= 15 is 0 Å². The van der Waals surface area contributed by atoms with Gasteiger partial charge in [-0.1, -0.05) is 0 Å². The van der Waals surface area contributed by atoms with Gasteiger partial charge in [0, 0.05) is 32.0 Å². The van der Waals surface area contributed by atoms with Crippen molar-refractivity contribution in [1.29, 1.82) is 0 Å². The second kappa shape index (κ2) is 6.32. The van der Waals surface area contributed by atoms with Crippen molar-refractivity contribution in [2.75, 3.05) is 39.5 Å². The summed E-state index contributed by atoms with van der Waals surface area (Å²) in [4.78, 5) is 17.3. The Morgan fingerprint density at radius 3 is 3.00 bits per heavy atom. The molecule has 6 heteroatoms. The SMILES string of the molecule is NC(=O)c1cnccc1OCCN1CCOCC1. The Labute approximate surface area is 106 Å². The predicted octanol–water partition coefficient (Wildman–Crippen LogP) is -0.109. The molecular formula is C12H17N3O3. The predicted molar refractivity (Wildman–Crippen MR) is 65.5 cm³/mol. The van der Waals surface area contributed by atoms with E-state index in [0.717, 1.165) is 32.8 Å². The van der Waals surface area contributed by atoms with Crippen molar-refractivity contribution in [2.45, 2.75) is 0 Å². The van der Waals surface area contributed by atoms with Crippen molar-refractivity contribution in [3.63, 3.8) is 0 Å². The van der Waals surface area contributed by atoms with Gasteiger partial charge in [-0.05, 0) is 6.07 Å². The summed E-state index contributed by atoms with van der Waals surface area (Å²) in [6.45, 7) is 4.70. The van der Waals surface area contributed by atoms with Gasteiger partial charge in [0.05, 0.1) is 18.8 Å². The first-order valence-corrected chi connectivity index (χ1v) is 5.94. The van der Waals surface area contributed by atoms with Crippen LogP contribution in [0.5, 0.6) is 5.75 Å². The molecule has 1 fully saturated rings. The fraction of sp³-hybridized carbons (Fsp3) is 0.500. The normalized spacial score (nSPS) is 16.4. The van der Waals surface area contributed by atoms with Gasteiger partial charge in [-0.3, -0.25) is 14.7 Å². The zero-order valence-corrected chi connectivity index (χ0v) is 10.2. The summed E-state index contributed by atoms with van der Waals surface area (Å²) < 4.78 is 10.8. The number of carbonyl (C=O) groups excluding carboxylic acids is 1. The molecule has 2 rings (SSSR count). The molecule has 0 radical (unpaired) electrons. The van der Waals surface area contributed by atoms with E-state index in [9.17, 15) is 4.79 Å². The number of morpholine rings is 1. The second-order valence-corrected chi connectivity index (χ2v) is 4.04. The van der Waals surface area contributed by atoms with Crippen LogP contribution >= 0.6 is 0 Å². The lowest BCUT2D eigenvalue weighted by Gasteiger charge is -2.26. The maximum atomic E-state index is 11.2. The number of nitrogens with two attached hydrogens (primary N) is 1. The number of hydrogen-bond acceptors (Lipinski definition) is 5. The third-order valence-corrected chi connectivity index (χ3v) is 2.82. The molecule has 1 amide bonds. The first kappa shape index (κ1) is 12.8. The van der Waals surface area contributed by atoms with Crippen LogP contribution in [0.15, 0.2) is 18.5 Å². The molecule has 1 aliphatic heterocycles. The van der Waals surface area contributed by atoms with Crippen LogP contribution < -0.4 is 10.5 Å². The summed E-state index contributed by atoms with van der Waals surface area (Å²) in [6, 6.07) is 1.65. The van der Waals surface area contributed by atoms with E-state index in [4.69, 9.17) is 15.2 Å². The van der Waals surface area contributed by atoms with Gasteiger partial charge >= 0.3 is 0 Å². The molecule has 0 bridgehead atoms. The Morgan fingerprint density at radius 1 is 1.50 bits per heavy atom. The van der Waals surface area contributed by atoms with Gasteiger partial charge in [0.25, 0.3) is 5.91 Å². The molecule has 0 spiro atoms. The van der Waals surface area contributed by atoms with Crippen LogP contribution in [-0.2, 0) is 4.74 Å². The first-order valence-electron chi connectivity index (χ1n) is 5.94. The van der Waals surface area contributed by atoms with Crippen LogP contribution in [0.4, 0.5) is 0 Å². The van der Waals surface area contributed by atoms with E-state index in [2.05, 4.69) is 9.88 Å². The van der Waals surface area contributed by atoms with Gasteiger partial charge in [0.2, 0.25) is 0 Å². The number of aromatic nitrogens is 1. The van der Waals surface area contributed by atoms with Crippen LogP contribution in [0.3, 0.4) is 0 Å². The van der Waals surface area contributed by atoms with E-state index in [1.165, 1.54) is 6.20 Å². The van der Waals surface area contributed by atoms with Gasteiger partial charge in [-0.25, -0.2) is 0 Å². The minimum atomic E-state index is -0.524. The van der Waals surface area contributed by atoms with Crippen LogP contribution in [0.2, 0.25) is 0 Å². The third kappa shape index (κ3) is 3.41. The Balaban J connectivity index is 1.84. The minimum absolute atomic E-state index is 0.319. The molecule has 1 aromatic rings. The molecule has 0 saturated carbocycles. The second-order valence-electron chi connectivity index (χ2n) is 4.04. The lowest BCUT2D eigenvalue weighted by atomic mass is 10.2. The highest BCUT2D eigenvalue weighted by atomic mass is 16.5. The van der Waals surface area contributed by atoms with Crippen LogP contribution in [0.1, 0.15) is 10.4 Å². The summed E-state index contributed by atoms with van der Waals surface area (Å²) in [5.74, 6) is -0.0322. The molecule has 0 aliphatic carbocycles. The summed E-state index contributed by atoms with van der Waals surface area (Å²) in [6.07, 6.45) is 3.00. The van der Waals surface area contributed by atoms with Gasteiger partial charge in [-0.15, -0.1) is 0 Å². The number of nitrogens with zero attached hydrogens (tertiary/aromatic N) is 2. The molecule has 18 heavy (non-hydrogen) atoms. The molecule has 0 unspecified atom stereocenters. The molecule has 2 N–H and O–H groups in total. The van der Waals surface area contributed by atoms with E-state index < -0.39 is 5.91 Å². The smallest absolute Gasteiger partial charge is 0.254 e. The van der Waals surface area contributed by atoms with E-state index in [0.29, 0.717) is 17.9 Å². The molecular weight excluding hydrogens is 234 g/mol. The van der Waals surface area contributed by atoms with Crippen molar-refractivity contribution in [2.24, 2.45) is 5.73 Å².